The Morgan fingerprint density at radius 2 is 2.16 bits per heavy atom. The lowest BCUT2D eigenvalue weighted by Gasteiger charge is -2.25. The molecule has 19 heavy (non-hydrogen) atoms. The van der Waals surface area contributed by atoms with Crippen molar-refractivity contribution >= 4 is 5.95 Å². The molecule has 1 N–H and O–H groups in total. The molecule has 0 spiro atoms. The van der Waals surface area contributed by atoms with Gasteiger partial charge in [0.05, 0.1) is 0 Å². The van der Waals surface area contributed by atoms with Crippen molar-refractivity contribution in [2.45, 2.75) is 39.0 Å². The van der Waals surface area contributed by atoms with Gasteiger partial charge in [-0.2, -0.15) is 0 Å². The van der Waals surface area contributed by atoms with Crippen molar-refractivity contribution in [3.63, 3.8) is 0 Å². The van der Waals surface area contributed by atoms with Crippen molar-refractivity contribution in [3.8, 4) is 0 Å². The summed E-state index contributed by atoms with van der Waals surface area (Å²) in [5, 5.41) is 3.47. The van der Waals surface area contributed by atoms with E-state index in [0.29, 0.717) is 0 Å². The normalized spacial score (nSPS) is 19.4. The molecule has 4 heteroatoms. The molecule has 1 saturated heterocycles. The molecule has 2 heterocycles. The highest BCUT2D eigenvalue weighted by Crippen LogP contribution is 2.15. The summed E-state index contributed by atoms with van der Waals surface area (Å²) in [6, 6.07) is 0. The Bertz CT molecular complexity index is 357. The second-order valence-corrected chi connectivity index (χ2v) is 5.56. The van der Waals surface area contributed by atoms with E-state index >= 15 is 0 Å². The molecule has 4 nitrogen and oxygen atoms in total. The van der Waals surface area contributed by atoms with Crippen LogP contribution in [0, 0.1) is 5.92 Å². The van der Waals surface area contributed by atoms with Crippen LogP contribution >= 0.6 is 0 Å². The Labute approximate surface area is 116 Å². The third-order valence-electron chi connectivity index (χ3n) is 3.84. The molecule has 1 unspecified atom stereocenters. The van der Waals surface area contributed by atoms with Crippen LogP contribution < -0.4 is 10.2 Å². The molecule has 0 bridgehead atoms. The van der Waals surface area contributed by atoms with Crippen molar-refractivity contribution in [2.24, 2.45) is 5.92 Å². The van der Waals surface area contributed by atoms with E-state index in [-0.39, 0.29) is 0 Å². The molecule has 1 aliphatic heterocycles. The molecule has 1 atom stereocenters. The van der Waals surface area contributed by atoms with Gasteiger partial charge in [0.1, 0.15) is 0 Å². The number of hydrogen-bond donors (Lipinski definition) is 1. The van der Waals surface area contributed by atoms with Gasteiger partial charge in [0.25, 0.3) is 0 Å². The van der Waals surface area contributed by atoms with E-state index in [2.05, 4.69) is 34.2 Å². The minimum absolute atomic E-state index is 0.815. The maximum Gasteiger partial charge on any atom is 0.224 e. The smallest absolute Gasteiger partial charge is 0.224 e. The maximum absolute atomic E-state index is 4.46. The number of nitrogens with one attached hydrogen (secondary N) is 1. The van der Waals surface area contributed by atoms with E-state index < -0.39 is 0 Å². The van der Waals surface area contributed by atoms with Gasteiger partial charge in [-0.3, -0.25) is 0 Å². The summed E-state index contributed by atoms with van der Waals surface area (Å²) in [6.07, 6.45) is 10.0. The lowest BCUT2D eigenvalue weighted by molar-refractivity contribution is 0.360. The largest absolute Gasteiger partial charge is 0.344 e. The number of aromatic nitrogens is 2. The molecule has 1 aliphatic rings. The molecule has 2 rings (SSSR count). The van der Waals surface area contributed by atoms with E-state index in [1.165, 1.54) is 37.9 Å². The zero-order chi connectivity index (χ0) is 13.5. The molecule has 1 fully saturated rings. The van der Waals surface area contributed by atoms with E-state index in [1.54, 1.807) is 0 Å². The van der Waals surface area contributed by atoms with Gasteiger partial charge in [0.2, 0.25) is 5.95 Å². The maximum atomic E-state index is 4.46. The van der Waals surface area contributed by atoms with Gasteiger partial charge in [0.15, 0.2) is 0 Å². The molecule has 0 aromatic carbocycles. The van der Waals surface area contributed by atoms with Gasteiger partial charge in [-0.15, -0.1) is 0 Å². The van der Waals surface area contributed by atoms with Crippen molar-refractivity contribution in [1.82, 2.24) is 15.3 Å². The average molecular weight is 262 g/mol. The van der Waals surface area contributed by atoms with Gasteiger partial charge in [0, 0.05) is 26.0 Å². The first-order valence-electron chi connectivity index (χ1n) is 7.52. The molecular weight excluding hydrogens is 236 g/mol. The topological polar surface area (TPSA) is 41.1 Å². The Balaban J connectivity index is 1.79. The first-order valence-corrected chi connectivity index (χ1v) is 7.52. The fourth-order valence-corrected chi connectivity index (χ4v) is 2.61. The lowest BCUT2D eigenvalue weighted by Crippen LogP contribution is -2.32. The monoisotopic (exact) mass is 262 g/mol. The molecule has 1 aromatic rings. The highest BCUT2D eigenvalue weighted by Gasteiger charge is 2.14. The third-order valence-corrected chi connectivity index (χ3v) is 3.84. The summed E-state index contributed by atoms with van der Waals surface area (Å²) in [7, 11) is 2.09. The predicted molar refractivity (Wildman–Crippen MR) is 79.5 cm³/mol. The predicted octanol–water partition coefficient (Wildman–Crippen LogP) is 2.25. The highest BCUT2D eigenvalue weighted by atomic mass is 15.2. The molecule has 0 aliphatic carbocycles. The van der Waals surface area contributed by atoms with E-state index in [0.717, 1.165) is 31.3 Å². The average Bonchev–Trinajstić information content (AvgIpc) is 2.47. The van der Waals surface area contributed by atoms with Crippen LogP contribution in [0.2, 0.25) is 0 Å². The van der Waals surface area contributed by atoms with Gasteiger partial charge >= 0.3 is 0 Å². The molecule has 0 radical (unpaired) electrons. The second kappa shape index (κ2) is 7.43. The second-order valence-electron chi connectivity index (χ2n) is 5.56. The van der Waals surface area contributed by atoms with Crippen LogP contribution in [0.5, 0.6) is 0 Å². The number of piperidine rings is 1. The Kier molecular flexibility index (Phi) is 5.58. The van der Waals surface area contributed by atoms with Crippen LogP contribution in [-0.2, 0) is 6.42 Å². The van der Waals surface area contributed by atoms with Crippen molar-refractivity contribution in [3.05, 3.63) is 18.0 Å². The fraction of sp³-hybridized carbons (Fsp3) is 0.733. The van der Waals surface area contributed by atoms with Crippen molar-refractivity contribution in [1.29, 1.82) is 0 Å². The van der Waals surface area contributed by atoms with Crippen LogP contribution in [0.15, 0.2) is 12.4 Å². The van der Waals surface area contributed by atoms with Gasteiger partial charge < -0.3 is 10.2 Å². The molecule has 0 amide bonds. The third kappa shape index (κ3) is 4.46. The summed E-state index contributed by atoms with van der Waals surface area (Å²) >= 11 is 0. The molecule has 0 saturated carbocycles. The number of hydrogen-bond acceptors (Lipinski definition) is 4. The number of aryl methyl sites for hydroxylation is 1. The van der Waals surface area contributed by atoms with Crippen molar-refractivity contribution < 1.29 is 0 Å². The minimum atomic E-state index is 0.815. The van der Waals surface area contributed by atoms with Crippen LogP contribution in [0.25, 0.3) is 0 Å². The SMILES string of the molecule is CCCc1cnc(N(C)CCC2CCCNC2)nc1. The summed E-state index contributed by atoms with van der Waals surface area (Å²) in [6.45, 7) is 5.58. The summed E-state index contributed by atoms with van der Waals surface area (Å²) < 4.78 is 0. The Hall–Kier alpha value is -1.16. The number of rotatable bonds is 6. The standard InChI is InChI=1S/C15H26N4/c1-3-5-14-11-17-15(18-12-14)19(2)9-7-13-6-4-8-16-10-13/h11-13,16H,3-10H2,1-2H3. The fourth-order valence-electron chi connectivity index (χ4n) is 2.61. The van der Waals surface area contributed by atoms with Crippen LogP contribution in [-0.4, -0.2) is 36.6 Å². The van der Waals surface area contributed by atoms with Gasteiger partial charge in [-0.05, 0) is 50.3 Å². The Morgan fingerprint density at radius 3 is 2.79 bits per heavy atom. The Morgan fingerprint density at radius 1 is 1.37 bits per heavy atom. The quantitative estimate of drug-likeness (QED) is 0.854. The van der Waals surface area contributed by atoms with Crippen LogP contribution in [0.1, 0.15) is 38.2 Å². The minimum Gasteiger partial charge on any atom is -0.344 e. The summed E-state index contributed by atoms with van der Waals surface area (Å²) in [5.41, 5.74) is 1.23. The summed E-state index contributed by atoms with van der Waals surface area (Å²) in [4.78, 5) is 11.1. The first kappa shape index (κ1) is 14.3. The summed E-state index contributed by atoms with van der Waals surface area (Å²) in [5.74, 6) is 1.67. The molecule has 1 aromatic heterocycles. The molecular formula is C15H26N4. The zero-order valence-corrected chi connectivity index (χ0v) is 12.2. The lowest BCUT2D eigenvalue weighted by atomic mass is 9.96. The zero-order valence-electron chi connectivity index (χ0n) is 12.2. The van der Waals surface area contributed by atoms with Crippen LogP contribution in [0.3, 0.4) is 0 Å². The van der Waals surface area contributed by atoms with Crippen LogP contribution in [0.4, 0.5) is 5.95 Å². The highest BCUT2D eigenvalue weighted by molar-refractivity contribution is 5.28. The first-order chi connectivity index (χ1) is 9.29. The van der Waals surface area contributed by atoms with Gasteiger partial charge in [-0.1, -0.05) is 13.3 Å². The van der Waals surface area contributed by atoms with E-state index in [9.17, 15) is 0 Å². The van der Waals surface area contributed by atoms with E-state index in [4.69, 9.17) is 0 Å². The number of nitrogens with zero attached hydrogens (tertiary/aromatic N) is 3. The van der Waals surface area contributed by atoms with Crippen molar-refractivity contribution in [2.75, 3.05) is 31.6 Å². The molecule has 106 valence electrons. The van der Waals surface area contributed by atoms with Gasteiger partial charge in [-0.25, -0.2) is 9.97 Å². The van der Waals surface area contributed by atoms with E-state index in [1.807, 2.05) is 12.4 Å². The number of anilines is 1.